The minimum Gasteiger partial charge on any atom is -0.396 e. The maximum absolute atomic E-state index is 11.8. The highest BCUT2D eigenvalue weighted by atomic mass is 79.9. The Balaban J connectivity index is 2.03. The van der Waals surface area contributed by atoms with Crippen LogP contribution in [0.25, 0.3) is 0 Å². The van der Waals surface area contributed by atoms with Crippen molar-refractivity contribution in [2.24, 2.45) is 0 Å². The number of H-pyrrole nitrogens is 1. The Morgan fingerprint density at radius 3 is 2.61 bits per heavy atom. The molecule has 0 aliphatic heterocycles. The van der Waals surface area contributed by atoms with Crippen molar-refractivity contribution in [3.8, 4) is 0 Å². The van der Waals surface area contributed by atoms with Gasteiger partial charge >= 0.3 is 0 Å². The summed E-state index contributed by atoms with van der Waals surface area (Å²) in [6.07, 6.45) is 2.33. The van der Waals surface area contributed by atoms with Crippen LogP contribution in [-0.4, -0.2) is 22.6 Å². The van der Waals surface area contributed by atoms with E-state index >= 15 is 0 Å². The van der Waals surface area contributed by atoms with Crippen molar-refractivity contribution in [1.29, 1.82) is 0 Å². The minimum absolute atomic E-state index is 0.127. The van der Waals surface area contributed by atoms with Gasteiger partial charge < -0.3 is 15.4 Å². The number of aliphatic hydroxyl groups excluding tert-OH is 1. The SMILES string of the molecule is O=C(Nc1ccc(CCO)cc1)c1cc(Br)c[nH]1. The maximum atomic E-state index is 11.8. The number of amides is 1. The van der Waals surface area contributed by atoms with E-state index in [4.69, 9.17) is 5.11 Å². The van der Waals surface area contributed by atoms with Crippen LogP contribution in [0.5, 0.6) is 0 Å². The van der Waals surface area contributed by atoms with E-state index in [0.29, 0.717) is 12.1 Å². The summed E-state index contributed by atoms with van der Waals surface area (Å²) in [5.74, 6) is -0.185. The molecular formula is C13H13BrN2O2. The van der Waals surface area contributed by atoms with Crippen molar-refractivity contribution >= 4 is 27.5 Å². The average molecular weight is 309 g/mol. The summed E-state index contributed by atoms with van der Waals surface area (Å²) in [7, 11) is 0. The second-order valence-electron chi connectivity index (χ2n) is 3.86. The number of anilines is 1. The molecule has 0 unspecified atom stereocenters. The van der Waals surface area contributed by atoms with E-state index in [9.17, 15) is 4.79 Å². The van der Waals surface area contributed by atoms with Crippen molar-refractivity contribution in [2.75, 3.05) is 11.9 Å². The van der Waals surface area contributed by atoms with Crippen molar-refractivity contribution in [2.45, 2.75) is 6.42 Å². The van der Waals surface area contributed by atoms with E-state index in [2.05, 4.69) is 26.2 Å². The van der Waals surface area contributed by atoms with Crippen molar-refractivity contribution in [3.63, 3.8) is 0 Å². The fourth-order valence-corrected chi connectivity index (χ4v) is 1.92. The Bertz CT molecular complexity index is 534. The summed E-state index contributed by atoms with van der Waals surface area (Å²) >= 11 is 3.28. The number of aliphatic hydroxyl groups is 1. The Kier molecular flexibility index (Phi) is 4.17. The molecule has 0 fully saturated rings. The molecule has 1 heterocycles. The van der Waals surface area contributed by atoms with E-state index in [1.807, 2.05) is 24.3 Å². The van der Waals surface area contributed by atoms with E-state index in [-0.39, 0.29) is 12.5 Å². The zero-order chi connectivity index (χ0) is 13.0. The van der Waals surface area contributed by atoms with Crippen molar-refractivity contribution < 1.29 is 9.90 Å². The number of carbonyl (C=O) groups excluding carboxylic acids is 1. The molecule has 2 rings (SSSR count). The third-order valence-electron chi connectivity index (χ3n) is 2.50. The summed E-state index contributed by atoms with van der Waals surface area (Å²) in [5.41, 5.74) is 2.27. The van der Waals surface area contributed by atoms with Gasteiger partial charge in [0.2, 0.25) is 0 Å². The van der Waals surface area contributed by atoms with Crippen LogP contribution in [0, 0.1) is 0 Å². The lowest BCUT2D eigenvalue weighted by Gasteiger charge is -2.05. The standard InChI is InChI=1S/C13H13BrN2O2/c14-10-7-12(15-8-10)13(18)16-11-3-1-9(2-4-11)5-6-17/h1-4,7-8,15,17H,5-6H2,(H,16,18). The average Bonchev–Trinajstić information content (AvgIpc) is 2.79. The quantitative estimate of drug-likeness (QED) is 0.812. The molecule has 0 radical (unpaired) electrons. The van der Waals surface area contributed by atoms with Gasteiger partial charge in [-0.1, -0.05) is 12.1 Å². The smallest absolute Gasteiger partial charge is 0.272 e. The lowest BCUT2D eigenvalue weighted by molar-refractivity contribution is 0.102. The number of carbonyl (C=O) groups is 1. The van der Waals surface area contributed by atoms with E-state index in [1.165, 1.54) is 0 Å². The number of halogens is 1. The Morgan fingerprint density at radius 1 is 1.33 bits per heavy atom. The van der Waals surface area contributed by atoms with Gasteiger partial charge in [0, 0.05) is 23.0 Å². The predicted molar refractivity (Wildman–Crippen MR) is 73.7 cm³/mol. The van der Waals surface area contributed by atoms with Crippen LogP contribution in [0.1, 0.15) is 16.1 Å². The molecule has 0 spiro atoms. The normalized spacial score (nSPS) is 10.3. The number of benzene rings is 1. The maximum Gasteiger partial charge on any atom is 0.272 e. The number of nitrogens with one attached hydrogen (secondary N) is 2. The molecule has 1 amide bonds. The highest BCUT2D eigenvalue weighted by molar-refractivity contribution is 9.10. The summed E-state index contributed by atoms with van der Waals surface area (Å²) in [5, 5.41) is 11.6. The molecule has 0 saturated heterocycles. The number of aromatic amines is 1. The first-order valence-electron chi connectivity index (χ1n) is 5.54. The molecule has 0 saturated carbocycles. The molecule has 3 N–H and O–H groups in total. The Labute approximate surface area is 113 Å². The Morgan fingerprint density at radius 2 is 2.06 bits per heavy atom. The monoisotopic (exact) mass is 308 g/mol. The third kappa shape index (κ3) is 3.21. The summed E-state index contributed by atoms with van der Waals surface area (Å²) in [4.78, 5) is 14.7. The minimum atomic E-state index is -0.185. The predicted octanol–water partition coefficient (Wildman–Crippen LogP) is 2.56. The first-order valence-corrected chi connectivity index (χ1v) is 6.33. The zero-order valence-electron chi connectivity index (χ0n) is 9.61. The van der Waals surface area contributed by atoms with Crippen LogP contribution in [0.15, 0.2) is 41.0 Å². The highest BCUT2D eigenvalue weighted by Gasteiger charge is 2.07. The van der Waals surface area contributed by atoms with Crippen LogP contribution in [0.2, 0.25) is 0 Å². The first-order chi connectivity index (χ1) is 8.69. The Hall–Kier alpha value is -1.59. The van der Waals surface area contributed by atoms with Gasteiger partial charge in [-0.05, 0) is 46.1 Å². The van der Waals surface area contributed by atoms with Gasteiger partial charge in [-0.3, -0.25) is 4.79 Å². The van der Waals surface area contributed by atoms with Gasteiger partial charge in [0.1, 0.15) is 5.69 Å². The van der Waals surface area contributed by atoms with Crippen LogP contribution >= 0.6 is 15.9 Å². The van der Waals surface area contributed by atoms with Crippen LogP contribution in [0.3, 0.4) is 0 Å². The topological polar surface area (TPSA) is 65.1 Å². The molecule has 18 heavy (non-hydrogen) atoms. The fraction of sp³-hybridized carbons (Fsp3) is 0.154. The third-order valence-corrected chi connectivity index (χ3v) is 2.96. The molecule has 94 valence electrons. The highest BCUT2D eigenvalue weighted by Crippen LogP contribution is 2.14. The molecule has 1 aromatic heterocycles. The number of aromatic nitrogens is 1. The molecule has 5 heteroatoms. The van der Waals surface area contributed by atoms with Crippen molar-refractivity contribution in [3.05, 3.63) is 52.3 Å². The molecule has 0 aliphatic carbocycles. The number of hydrogen-bond acceptors (Lipinski definition) is 2. The molecule has 1 aromatic carbocycles. The van der Waals surface area contributed by atoms with Gasteiger partial charge in [-0.15, -0.1) is 0 Å². The zero-order valence-corrected chi connectivity index (χ0v) is 11.2. The van der Waals surface area contributed by atoms with Crippen LogP contribution in [0.4, 0.5) is 5.69 Å². The van der Waals surface area contributed by atoms with Gasteiger partial charge in [0.15, 0.2) is 0 Å². The second-order valence-corrected chi connectivity index (χ2v) is 4.77. The summed E-state index contributed by atoms with van der Waals surface area (Å²) < 4.78 is 0.839. The molecule has 2 aromatic rings. The van der Waals surface area contributed by atoms with Gasteiger partial charge in [0.25, 0.3) is 5.91 Å². The largest absolute Gasteiger partial charge is 0.396 e. The van der Waals surface area contributed by atoms with Crippen LogP contribution in [-0.2, 0) is 6.42 Å². The lowest BCUT2D eigenvalue weighted by atomic mass is 10.1. The number of rotatable bonds is 4. The van der Waals surface area contributed by atoms with Crippen molar-refractivity contribution in [1.82, 2.24) is 4.98 Å². The summed E-state index contributed by atoms with van der Waals surface area (Å²) in [6, 6.07) is 9.13. The van der Waals surface area contributed by atoms with E-state index in [1.54, 1.807) is 12.3 Å². The molecule has 4 nitrogen and oxygen atoms in total. The van der Waals surface area contributed by atoms with Gasteiger partial charge in [-0.25, -0.2) is 0 Å². The van der Waals surface area contributed by atoms with Gasteiger partial charge in [-0.2, -0.15) is 0 Å². The van der Waals surface area contributed by atoms with Crippen LogP contribution < -0.4 is 5.32 Å². The summed E-state index contributed by atoms with van der Waals surface area (Å²) in [6.45, 7) is 0.127. The number of hydrogen-bond donors (Lipinski definition) is 3. The molecule has 0 atom stereocenters. The second kappa shape index (κ2) is 5.84. The first kappa shape index (κ1) is 12.9. The fourth-order valence-electron chi connectivity index (χ4n) is 1.58. The molecule has 0 aliphatic rings. The molecule has 0 bridgehead atoms. The van der Waals surface area contributed by atoms with Gasteiger partial charge in [0.05, 0.1) is 0 Å². The molecular weight excluding hydrogens is 296 g/mol. The van der Waals surface area contributed by atoms with E-state index in [0.717, 1.165) is 15.7 Å². The lowest BCUT2D eigenvalue weighted by Crippen LogP contribution is -2.12. The van der Waals surface area contributed by atoms with E-state index < -0.39 is 0 Å².